The molecule has 0 spiro atoms. The fraction of sp³-hybridized carbons (Fsp3) is 0.375. The lowest BCUT2D eigenvalue weighted by atomic mass is 10.5. The molecular weight excluding hydrogens is 353 g/mol. The minimum Gasteiger partial charge on any atom is -0.307 e. The Morgan fingerprint density at radius 1 is 1.53 bits per heavy atom. The highest BCUT2D eigenvalue weighted by Crippen LogP contribution is 2.27. The number of pyridine rings is 1. The second kappa shape index (κ2) is 5.61. The van der Waals surface area contributed by atoms with E-state index in [2.05, 4.69) is 20.9 Å². The summed E-state index contributed by atoms with van der Waals surface area (Å²) in [4.78, 5) is 3.22. The monoisotopic (exact) mass is 362 g/mol. The van der Waals surface area contributed by atoms with E-state index in [4.69, 9.17) is 5.84 Å². The van der Waals surface area contributed by atoms with E-state index in [1.165, 1.54) is 6.20 Å². The Morgan fingerprint density at radius 2 is 2.11 bits per heavy atom. The van der Waals surface area contributed by atoms with E-state index in [-0.39, 0.29) is 10.1 Å². The Kier molecular flexibility index (Phi) is 4.76. The third kappa shape index (κ3) is 4.03. The van der Waals surface area contributed by atoms with Crippen LogP contribution < -0.4 is 11.3 Å². The third-order valence-corrected chi connectivity index (χ3v) is 4.30. The molecule has 11 heteroatoms. The minimum absolute atomic E-state index is 0.178. The number of hydrogen-bond donors (Lipinski definition) is 2. The average Bonchev–Trinajstić information content (AvgIpc) is 2.26. The maximum absolute atomic E-state index is 12.2. The second-order valence-corrected chi connectivity index (χ2v) is 6.45. The normalized spacial score (nSPS) is 12.8. The van der Waals surface area contributed by atoms with Crippen LogP contribution in [0.1, 0.15) is 0 Å². The summed E-state index contributed by atoms with van der Waals surface area (Å²) in [5.74, 6) is 4.85. The first-order chi connectivity index (χ1) is 8.58. The van der Waals surface area contributed by atoms with Crippen LogP contribution in [0.3, 0.4) is 0 Å². The molecule has 1 heterocycles. The lowest BCUT2D eigenvalue weighted by Gasteiger charge is -2.20. The fourth-order valence-corrected chi connectivity index (χ4v) is 3.00. The zero-order valence-electron chi connectivity index (χ0n) is 9.57. The topological polar surface area (TPSA) is 88.3 Å². The van der Waals surface area contributed by atoms with Crippen LogP contribution in [0.25, 0.3) is 0 Å². The molecule has 0 aromatic carbocycles. The van der Waals surface area contributed by atoms with Crippen LogP contribution in [0.2, 0.25) is 0 Å². The van der Waals surface area contributed by atoms with Gasteiger partial charge in [-0.05, 0) is 22.0 Å². The first kappa shape index (κ1) is 16.1. The number of hydrogen-bond acceptors (Lipinski definition) is 5. The van der Waals surface area contributed by atoms with Crippen molar-refractivity contribution in [1.29, 1.82) is 0 Å². The molecule has 0 aliphatic rings. The summed E-state index contributed by atoms with van der Waals surface area (Å²) >= 11 is 2.99. The Morgan fingerprint density at radius 3 is 2.58 bits per heavy atom. The molecule has 3 N–H and O–H groups in total. The zero-order valence-corrected chi connectivity index (χ0v) is 12.0. The average molecular weight is 363 g/mol. The summed E-state index contributed by atoms with van der Waals surface area (Å²) in [5, 5.41) is 0. The summed E-state index contributed by atoms with van der Waals surface area (Å²) in [7, 11) is -3.54. The van der Waals surface area contributed by atoms with Gasteiger partial charge in [0.1, 0.15) is 11.4 Å². The number of nitrogens with two attached hydrogens (primary N) is 1. The van der Waals surface area contributed by atoms with Gasteiger partial charge in [-0.1, -0.05) is 0 Å². The van der Waals surface area contributed by atoms with Crippen molar-refractivity contribution in [3.8, 4) is 0 Å². The van der Waals surface area contributed by atoms with Gasteiger partial charge in [0.05, 0.1) is 0 Å². The Labute approximate surface area is 115 Å². The molecule has 0 unspecified atom stereocenters. The molecule has 19 heavy (non-hydrogen) atoms. The molecule has 0 fully saturated rings. The summed E-state index contributed by atoms with van der Waals surface area (Å²) in [6, 6.07) is 1.12. The molecule has 0 amide bonds. The van der Waals surface area contributed by atoms with Gasteiger partial charge in [0.2, 0.25) is 10.0 Å². The van der Waals surface area contributed by atoms with Crippen molar-refractivity contribution in [2.45, 2.75) is 11.1 Å². The summed E-state index contributed by atoms with van der Waals surface area (Å²) in [6.07, 6.45) is -3.38. The molecule has 1 aromatic heterocycles. The second-order valence-electron chi connectivity index (χ2n) is 3.52. The van der Waals surface area contributed by atoms with Crippen molar-refractivity contribution >= 4 is 31.8 Å². The maximum atomic E-state index is 12.2. The highest BCUT2D eigenvalue weighted by molar-refractivity contribution is 9.10. The molecule has 1 aromatic rings. The van der Waals surface area contributed by atoms with Gasteiger partial charge in [0.15, 0.2) is 5.82 Å². The van der Waals surface area contributed by atoms with Crippen molar-refractivity contribution in [3.63, 3.8) is 0 Å². The van der Waals surface area contributed by atoms with Crippen molar-refractivity contribution in [3.05, 3.63) is 16.7 Å². The van der Waals surface area contributed by atoms with Gasteiger partial charge in [-0.2, -0.15) is 17.5 Å². The molecule has 1 rings (SSSR count). The van der Waals surface area contributed by atoms with E-state index >= 15 is 0 Å². The number of alkyl halides is 3. The first-order valence-corrected chi connectivity index (χ1v) is 6.96. The third-order valence-electron chi connectivity index (χ3n) is 2.05. The summed E-state index contributed by atoms with van der Waals surface area (Å²) in [6.45, 7) is -1.61. The number of hydrazine groups is 1. The smallest absolute Gasteiger partial charge is 0.307 e. The van der Waals surface area contributed by atoms with E-state index in [1.54, 1.807) is 0 Å². The summed E-state index contributed by atoms with van der Waals surface area (Å²) in [5.41, 5.74) is 2.03. The van der Waals surface area contributed by atoms with E-state index in [1.807, 2.05) is 5.43 Å². The summed E-state index contributed by atoms with van der Waals surface area (Å²) < 4.78 is 61.2. The lowest BCUT2D eigenvalue weighted by molar-refractivity contribution is -0.134. The number of nitrogens with one attached hydrogen (secondary N) is 1. The molecule has 0 radical (unpaired) electrons. The van der Waals surface area contributed by atoms with Crippen LogP contribution in [-0.2, 0) is 10.0 Å². The van der Waals surface area contributed by atoms with Crippen molar-refractivity contribution in [1.82, 2.24) is 9.29 Å². The molecule has 108 valence electrons. The van der Waals surface area contributed by atoms with E-state index in [0.717, 1.165) is 13.1 Å². The lowest BCUT2D eigenvalue weighted by Crippen LogP contribution is -2.36. The van der Waals surface area contributed by atoms with Crippen LogP contribution in [0, 0.1) is 0 Å². The van der Waals surface area contributed by atoms with Gasteiger partial charge in [-0.15, -0.1) is 0 Å². The Bertz CT molecular complexity index is 564. The van der Waals surface area contributed by atoms with Crippen LogP contribution in [0.5, 0.6) is 0 Å². The van der Waals surface area contributed by atoms with E-state index in [9.17, 15) is 21.6 Å². The van der Waals surface area contributed by atoms with E-state index in [0.29, 0.717) is 4.47 Å². The molecule has 0 aliphatic carbocycles. The van der Waals surface area contributed by atoms with Gasteiger partial charge in [0, 0.05) is 17.7 Å². The zero-order chi connectivity index (χ0) is 14.8. The predicted octanol–water partition coefficient (Wildman–Crippen LogP) is 1.31. The maximum Gasteiger partial charge on any atom is 0.402 e. The standard InChI is InChI=1S/C8H10BrF3N4O2S/c1-16(4-8(10,11)12)19(17,18)6-2-5(9)3-14-7(6)15-13/h2-3H,4,13H2,1H3,(H,14,15). The molecule has 0 saturated carbocycles. The fourth-order valence-electron chi connectivity index (χ4n) is 1.23. The number of anilines is 1. The SMILES string of the molecule is CN(CC(F)(F)F)S(=O)(=O)c1cc(Br)cnc1NN. The van der Waals surface area contributed by atoms with Gasteiger partial charge in [0.25, 0.3) is 0 Å². The van der Waals surface area contributed by atoms with Gasteiger partial charge in [-0.3, -0.25) is 0 Å². The van der Waals surface area contributed by atoms with Crippen molar-refractivity contribution in [2.24, 2.45) is 5.84 Å². The largest absolute Gasteiger partial charge is 0.402 e. The van der Waals surface area contributed by atoms with Crippen LogP contribution in [-0.4, -0.2) is 37.5 Å². The number of aromatic nitrogens is 1. The van der Waals surface area contributed by atoms with Crippen LogP contribution >= 0.6 is 15.9 Å². The quantitative estimate of drug-likeness (QED) is 0.622. The van der Waals surface area contributed by atoms with Crippen LogP contribution in [0.4, 0.5) is 19.0 Å². The molecule has 0 saturated heterocycles. The Hall–Kier alpha value is -0.910. The molecule has 0 aliphatic heterocycles. The number of halogens is 4. The number of nitrogen functional groups attached to an aromatic ring is 1. The van der Waals surface area contributed by atoms with Gasteiger partial charge < -0.3 is 5.43 Å². The number of nitrogens with zero attached hydrogens (tertiary/aromatic N) is 2. The first-order valence-electron chi connectivity index (χ1n) is 4.73. The minimum atomic E-state index is -4.64. The van der Waals surface area contributed by atoms with Gasteiger partial charge >= 0.3 is 6.18 Å². The van der Waals surface area contributed by atoms with E-state index < -0.39 is 27.6 Å². The predicted molar refractivity (Wildman–Crippen MR) is 65.6 cm³/mol. The number of rotatable bonds is 4. The molecular formula is C8H10BrF3N4O2S. The molecule has 0 bridgehead atoms. The Balaban J connectivity index is 3.23. The van der Waals surface area contributed by atoms with Gasteiger partial charge in [-0.25, -0.2) is 19.2 Å². The van der Waals surface area contributed by atoms with Crippen molar-refractivity contribution < 1.29 is 21.6 Å². The highest BCUT2D eigenvalue weighted by Gasteiger charge is 2.36. The highest BCUT2D eigenvalue weighted by atomic mass is 79.9. The molecule has 0 atom stereocenters. The molecule has 6 nitrogen and oxygen atoms in total. The van der Waals surface area contributed by atoms with Crippen LogP contribution in [0.15, 0.2) is 21.6 Å². The van der Waals surface area contributed by atoms with Crippen molar-refractivity contribution in [2.75, 3.05) is 19.0 Å². The number of sulfonamides is 1.